The predicted octanol–water partition coefficient (Wildman–Crippen LogP) is -0.836. The zero-order chi connectivity index (χ0) is 8.39. The van der Waals surface area contributed by atoms with Crippen LogP contribution in [-0.2, 0) is 0 Å². The van der Waals surface area contributed by atoms with Crippen LogP contribution in [0.3, 0.4) is 0 Å². The van der Waals surface area contributed by atoms with Gasteiger partial charge in [-0.15, -0.1) is 0 Å². The van der Waals surface area contributed by atoms with Gasteiger partial charge in [0.05, 0.1) is 5.52 Å². The summed E-state index contributed by atoms with van der Waals surface area (Å²) in [6.45, 7) is 0. The summed E-state index contributed by atoms with van der Waals surface area (Å²) in [4.78, 5) is 14.5. The van der Waals surface area contributed by atoms with E-state index in [2.05, 4.69) is 4.98 Å². The van der Waals surface area contributed by atoms with Crippen LogP contribution in [0.25, 0.3) is 10.9 Å². The maximum atomic E-state index is 10.4. The van der Waals surface area contributed by atoms with Gasteiger partial charge in [0.15, 0.2) is 6.29 Å². The van der Waals surface area contributed by atoms with Crippen molar-refractivity contribution < 1.29 is 35.8 Å². The largest absolute Gasteiger partial charge is 1.00 e. The number of hydrogen-bond acceptors (Lipinski definition) is 2. The van der Waals surface area contributed by atoms with Crippen molar-refractivity contribution in [2.75, 3.05) is 0 Å². The fourth-order valence-corrected chi connectivity index (χ4v) is 1.15. The zero-order valence-electron chi connectivity index (χ0n) is 8.40. The first-order valence-electron chi connectivity index (χ1n) is 3.71. The third-order valence-corrected chi connectivity index (χ3v) is 1.74. The second-order valence-electron chi connectivity index (χ2n) is 2.55. The van der Waals surface area contributed by atoms with Gasteiger partial charge >= 0.3 is 29.6 Å². The van der Waals surface area contributed by atoms with Gasteiger partial charge in [-0.1, -0.05) is 24.3 Å². The molecule has 0 saturated heterocycles. The van der Waals surface area contributed by atoms with Crippen LogP contribution in [0.15, 0.2) is 36.4 Å². The molecule has 0 amide bonds. The molecule has 0 aliphatic heterocycles. The van der Waals surface area contributed by atoms with Crippen LogP contribution in [0.2, 0.25) is 0 Å². The first kappa shape index (κ1) is 10.4. The maximum Gasteiger partial charge on any atom is 1.00 e. The normalized spacial score (nSPS) is 9.23. The summed E-state index contributed by atoms with van der Waals surface area (Å²) in [5.41, 5.74) is 1.34. The molecule has 0 aliphatic rings. The van der Waals surface area contributed by atoms with E-state index < -0.39 is 0 Å². The van der Waals surface area contributed by atoms with Crippen molar-refractivity contribution in [3.8, 4) is 0 Å². The molecule has 3 heteroatoms. The van der Waals surface area contributed by atoms with Crippen LogP contribution in [0.4, 0.5) is 0 Å². The number of nitrogens with zero attached hydrogens (tertiary/aromatic N) is 1. The van der Waals surface area contributed by atoms with Crippen molar-refractivity contribution in [3.05, 3.63) is 42.1 Å². The molecule has 0 bridgehead atoms. The van der Waals surface area contributed by atoms with Crippen LogP contribution in [0, 0.1) is 0 Å². The number of hydrogen-bond donors (Lipinski definition) is 0. The fraction of sp³-hybridized carbons (Fsp3) is 0. The van der Waals surface area contributed by atoms with Gasteiger partial charge in [-0.3, -0.25) is 4.79 Å². The molecule has 0 saturated carbocycles. The van der Waals surface area contributed by atoms with Gasteiger partial charge in [-0.25, -0.2) is 4.98 Å². The van der Waals surface area contributed by atoms with Gasteiger partial charge in [0.1, 0.15) is 5.69 Å². The number of pyridine rings is 1. The van der Waals surface area contributed by atoms with Crippen LogP contribution in [0.5, 0.6) is 0 Å². The minimum atomic E-state index is 0. The molecule has 13 heavy (non-hydrogen) atoms. The smallest absolute Gasteiger partial charge is 1.00 e. The monoisotopic (exact) mass is 181 g/mol. The molecule has 0 spiro atoms. The molecule has 2 rings (SSSR count). The van der Waals surface area contributed by atoms with Gasteiger partial charge in [0, 0.05) is 5.39 Å². The molecule has 1 aromatic heterocycles. The Bertz CT molecular complexity index is 433. The Kier molecular flexibility index (Phi) is 3.60. The van der Waals surface area contributed by atoms with Gasteiger partial charge < -0.3 is 1.43 Å². The van der Waals surface area contributed by atoms with Crippen molar-refractivity contribution in [1.29, 1.82) is 0 Å². The van der Waals surface area contributed by atoms with Crippen LogP contribution in [-0.4, -0.2) is 11.3 Å². The Hall–Kier alpha value is -0.700. The number of aromatic nitrogens is 1. The maximum absolute atomic E-state index is 10.4. The van der Waals surface area contributed by atoms with Gasteiger partial charge in [-0.2, -0.15) is 0 Å². The number of carbonyl (C=O) groups is 1. The summed E-state index contributed by atoms with van der Waals surface area (Å²) < 4.78 is 0. The molecule has 0 N–H and O–H groups in total. The number of aldehydes is 1. The van der Waals surface area contributed by atoms with E-state index >= 15 is 0 Å². The Morgan fingerprint density at radius 1 is 1.15 bits per heavy atom. The first-order chi connectivity index (χ1) is 5.90. The van der Waals surface area contributed by atoms with Crippen molar-refractivity contribution >= 4 is 17.2 Å². The van der Waals surface area contributed by atoms with Crippen molar-refractivity contribution in [3.63, 3.8) is 0 Å². The average Bonchev–Trinajstić information content (AvgIpc) is 2.17. The standard InChI is InChI=1S/C10H7NO.Na.H/c12-7-9-6-5-8-3-1-2-4-10(8)11-9;;/h1-7H;;/q;+1;-1. The molecule has 60 valence electrons. The molecule has 0 aliphatic carbocycles. The van der Waals surface area contributed by atoms with E-state index in [9.17, 15) is 4.79 Å². The van der Waals surface area contributed by atoms with Crippen LogP contribution >= 0.6 is 0 Å². The van der Waals surface area contributed by atoms with E-state index in [1.807, 2.05) is 30.3 Å². The van der Waals surface area contributed by atoms with Gasteiger partial charge in [0.2, 0.25) is 0 Å². The average molecular weight is 181 g/mol. The van der Waals surface area contributed by atoms with Gasteiger partial charge in [-0.05, 0) is 12.1 Å². The Balaban J connectivity index is 0.000000845. The second-order valence-corrected chi connectivity index (χ2v) is 2.55. The summed E-state index contributed by atoms with van der Waals surface area (Å²) >= 11 is 0. The van der Waals surface area contributed by atoms with E-state index in [0.29, 0.717) is 5.69 Å². The second kappa shape index (κ2) is 4.51. The van der Waals surface area contributed by atoms with E-state index in [1.165, 1.54) is 0 Å². The van der Waals surface area contributed by atoms with Gasteiger partial charge in [0.25, 0.3) is 0 Å². The van der Waals surface area contributed by atoms with E-state index in [-0.39, 0.29) is 31.0 Å². The van der Waals surface area contributed by atoms with Crippen molar-refractivity contribution in [2.45, 2.75) is 0 Å². The summed E-state index contributed by atoms with van der Waals surface area (Å²) in [5.74, 6) is 0. The Morgan fingerprint density at radius 2 is 1.92 bits per heavy atom. The predicted molar refractivity (Wildman–Crippen MR) is 48.2 cm³/mol. The van der Waals surface area contributed by atoms with Crippen molar-refractivity contribution in [2.24, 2.45) is 0 Å². The zero-order valence-corrected chi connectivity index (χ0v) is 9.40. The SMILES string of the molecule is O=Cc1ccc2ccccc2n1.[H-].[Na+]. The van der Waals surface area contributed by atoms with E-state index in [1.54, 1.807) is 6.07 Å². The molecule has 0 atom stereocenters. The number of carbonyl (C=O) groups excluding carboxylic acids is 1. The summed E-state index contributed by atoms with van der Waals surface area (Å²) in [5, 5.41) is 1.06. The third kappa shape index (κ3) is 2.15. The Labute approximate surface area is 99.8 Å². The molecule has 0 radical (unpaired) electrons. The molecule has 0 fully saturated rings. The molecular weight excluding hydrogens is 173 g/mol. The fourth-order valence-electron chi connectivity index (χ4n) is 1.15. The third-order valence-electron chi connectivity index (χ3n) is 1.74. The minimum absolute atomic E-state index is 0. The van der Waals surface area contributed by atoms with Crippen LogP contribution < -0.4 is 29.6 Å². The summed E-state index contributed by atoms with van der Waals surface area (Å²) in [7, 11) is 0. The molecule has 1 heterocycles. The van der Waals surface area contributed by atoms with Crippen molar-refractivity contribution in [1.82, 2.24) is 4.98 Å². The number of fused-ring (bicyclic) bond motifs is 1. The molecular formula is C10H8NNaO. The number of para-hydroxylation sites is 1. The minimum Gasteiger partial charge on any atom is -1.00 e. The number of rotatable bonds is 1. The topological polar surface area (TPSA) is 30.0 Å². The van der Waals surface area contributed by atoms with E-state index in [0.717, 1.165) is 17.2 Å². The summed E-state index contributed by atoms with van der Waals surface area (Å²) in [6.07, 6.45) is 0.756. The Morgan fingerprint density at radius 3 is 2.69 bits per heavy atom. The summed E-state index contributed by atoms with van der Waals surface area (Å²) in [6, 6.07) is 11.3. The number of benzene rings is 1. The van der Waals surface area contributed by atoms with E-state index in [4.69, 9.17) is 0 Å². The molecule has 1 aromatic carbocycles. The van der Waals surface area contributed by atoms with Crippen LogP contribution in [0.1, 0.15) is 11.9 Å². The first-order valence-corrected chi connectivity index (χ1v) is 3.71. The molecule has 0 unspecified atom stereocenters. The molecule has 2 aromatic rings. The molecule has 2 nitrogen and oxygen atoms in total. The quantitative estimate of drug-likeness (QED) is 0.424.